The van der Waals surface area contributed by atoms with Crippen molar-refractivity contribution in [1.82, 2.24) is 10.2 Å². The molecular weight excluding hydrogens is 374 g/mol. The second-order valence-corrected chi connectivity index (χ2v) is 6.13. The molecule has 2 aromatic carbocycles. The molecule has 0 heterocycles. The summed E-state index contributed by atoms with van der Waals surface area (Å²) >= 11 is 5.98. The Morgan fingerprint density at radius 1 is 1.26 bits per heavy atom. The lowest BCUT2D eigenvalue weighted by atomic mass is 10.2. The van der Waals surface area contributed by atoms with Gasteiger partial charge < -0.3 is 15.0 Å². The zero-order valence-electron chi connectivity index (χ0n) is 14.8. The topological polar surface area (TPSA) is 102 Å². The van der Waals surface area contributed by atoms with Gasteiger partial charge in [-0.05, 0) is 24.3 Å². The minimum atomic E-state index is -0.589. The molecule has 0 saturated carbocycles. The van der Waals surface area contributed by atoms with Gasteiger partial charge in [0.15, 0.2) is 0 Å². The second kappa shape index (κ2) is 9.00. The molecule has 0 fully saturated rings. The zero-order valence-corrected chi connectivity index (χ0v) is 15.5. The number of hydrogen-bond acceptors (Lipinski definition) is 5. The van der Waals surface area contributed by atoms with Gasteiger partial charge in [0.2, 0.25) is 5.91 Å². The van der Waals surface area contributed by atoms with Gasteiger partial charge in [0.05, 0.1) is 18.6 Å². The molecule has 0 unspecified atom stereocenters. The number of ether oxygens (including phenoxy) is 1. The van der Waals surface area contributed by atoms with Crippen LogP contribution in [0.1, 0.15) is 15.9 Å². The fraction of sp³-hybridized carbons (Fsp3) is 0.222. The quantitative estimate of drug-likeness (QED) is 0.577. The Labute approximate surface area is 160 Å². The van der Waals surface area contributed by atoms with Crippen LogP contribution in [0.4, 0.5) is 5.69 Å². The molecule has 2 aromatic rings. The van der Waals surface area contributed by atoms with E-state index in [1.807, 2.05) is 0 Å². The van der Waals surface area contributed by atoms with Crippen molar-refractivity contribution >= 4 is 29.1 Å². The maximum absolute atomic E-state index is 12.3. The summed E-state index contributed by atoms with van der Waals surface area (Å²) < 4.78 is 5.25. The van der Waals surface area contributed by atoms with Gasteiger partial charge in [-0.2, -0.15) is 0 Å². The normalized spacial score (nSPS) is 10.2. The monoisotopic (exact) mass is 391 g/mol. The lowest BCUT2D eigenvalue weighted by molar-refractivity contribution is -0.384. The van der Waals surface area contributed by atoms with Gasteiger partial charge >= 0.3 is 0 Å². The smallest absolute Gasteiger partial charge is 0.270 e. The Kier molecular flexibility index (Phi) is 6.73. The number of benzene rings is 2. The van der Waals surface area contributed by atoms with Crippen LogP contribution in [0.25, 0.3) is 0 Å². The van der Waals surface area contributed by atoms with Gasteiger partial charge in [0.1, 0.15) is 5.75 Å². The lowest BCUT2D eigenvalue weighted by Gasteiger charge is -2.19. The number of likely N-dealkylation sites (N-methyl/N-ethyl adjacent to an activating group) is 1. The minimum Gasteiger partial charge on any atom is -0.496 e. The number of carbonyl (C=O) groups is 2. The maximum atomic E-state index is 12.3. The van der Waals surface area contributed by atoms with Crippen molar-refractivity contribution in [3.63, 3.8) is 0 Å². The van der Waals surface area contributed by atoms with Crippen molar-refractivity contribution in [3.05, 3.63) is 68.7 Å². The third-order valence-electron chi connectivity index (χ3n) is 3.80. The van der Waals surface area contributed by atoms with E-state index in [9.17, 15) is 19.7 Å². The molecule has 2 rings (SSSR count). The molecule has 142 valence electrons. The van der Waals surface area contributed by atoms with Crippen LogP contribution in [0, 0.1) is 10.1 Å². The van der Waals surface area contributed by atoms with Gasteiger partial charge in [-0.15, -0.1) is 0 Å². The zero-order chi connectivity index (χ0) is 20.0. The average Bonchev–Trinajstić information content (AvgIpc) is 2.66. The SMILES string of the molecule is COc1ccc(Cl)cc1CN(C)C(=O)CNC(=O)c1cccc([N+](=O)[O-])c1. The van der Waals surface area contributed by atoms with Gasteiger partial charge in [-0.1, -0.05) is 17.7 Å². The number of methoxy groups -OCH3 is 1. The minimum absolute atomic E-state index is 0.108. The van der Waals surface area contributed by atoms with Crippen LogP contribution in [0.3, 0.4) is 0 Å². The number of amides is 2. The fourth-order valence-electron chi connectivity index (χ4n) is 2.37. The number of nitrogens with one attached hydrogen (secondary N) is 1. The number of rotatable bonds is 7. The summed E-state index contributed by atoms with van der Waals surface area (Å²) in [6, 6.07) is 10.4. The molecule has 0 spiro atoms. The highest BCUT2D eigenvalue weighted by Gasteiger charge is 2.16. The van der Waals surface area contributed by atoms with Crippen molar-refractivity contribution in [3.8, 4) is 5.75 Å². The predicted molar refractivity (Wildman–Crippen MR) is 99.9 cm³/mol. The first-order valence-electron chi connectivity index (χ1n) is 7.91. The Bertz CT molecular complexity index is 872. The van der Waals surface area contributed by atoms with Crippen LogP contribution < -0.4 is 10.1 Å². The van der Waals surface area contributed by atoms with Gasteiger partial charge in [0, 0.05) is 41.9 Å². The molecule has 1 N–H and O–H groups in total. The molecule has 8 nitrogen and oxygen atoms in total. The summed E-state index contributed by atoms with van der Waals surface area (Å²) in [5.74, 6) is -0.309. The standard InChI is InChI=1S/C18H18ClN3O5/c1-21(11-13-8-14(19)6-7-16(13)27-2)17(23)10-20-18(24)12-4-3-5-15(9-12)22(25)26/h3-9H,10-11H2,1-2H3,(H,20,24). The van der Waals surface area contributed by atoms with Crippen molar-refractivity contribution < 1.29 is 19.2 Å². The second-order valence-electron chi connectivity index (χ2n) is 5.70. The lowest BCUT2D eigenvalue weighted by Crippen LogP contribution is -2.37. The Morgan fingerprint density at radius 2 is 2.00 bits per heavy atom. The summed E-state index contributed by atoms with van der Waals surface area (Å²) in [5.41, 5.74) is 0.640. The molecule has 27 heavy (non-hydrogen) atoms. The van der Waals surface area contributed by atoms with Crippen molar-refractivity contribution in [2.75, 3.05) is 20.7 Å². The van der Waals surface area contributed by atoms with Crippen LogP contribution in [-0.4, -0.2) is 42.3 Å². The van der Waals surface area contributed by atoms with Crippen molar-refractivity contribution in [1.29, 1.82) is 0 Å². The third kappa shape index (κ3) is 5.42. The molecule has 0 saturated heterocycles. The molecular formula is C18H18ClN3O5. The molecule has 0 radical (unpaired) electrons. The number of hydrogen-bond donors (Lipinski definition) is 1. The first-order valence-corrected chi connectivity index (χ1v) is 8.28. The summed E-state index contributed by atoms with van der Waals surface area (Å²) in [4.78, 5) is 36.0. The van der Waals surface area contributed by atoms with Crippen LogP contribution in [0.2, 0.25) is 5.02 Å². The summed E-state index contributed by atoms with van der Waals surface area (Å²) in [5, 5.41) is 13.8. The predicted octanol–water partition coefficient (Wildman–Crippen LogP) is 2.65. The third-order valence-corrected chi connectivity index (χ3v) is 4.03. The van der Waals surface area contributed by atoms with Crippen molar-refractivity contribution in [2.45, 2.75) is 6.54 Å². The van der Waals surface area contributed by atoms with E-state index >= 15 is 0 Å². The number of nitrogens with zero attached hydrogens (tertiary/aromatic N) is 2. The maximum Gasteiger partial charge on any atom is 0.270 e. The molecule has 9 heteroatoms. The number of halogens is 1. The van der Waals surface area contributed by atoms with Crippen LogP contribution in [-0.2, 0) is 11.3 Å². The van der Waals surface area contributed by atoms with E-state index in [4.69, 9.17) is 16.3 Å². The van der Waals surface area contributed by atoms with E-state index in [1.165, 1.54) is 30.2 Å². The highest BCUT2D eigenvalue weighted by molar-refractivity contribution is 6.30. The molecule has 2 amide bonds. The molecule has 0 aliphatic rings. The molecule has 0 atom stereocenters. The van der Waals surface area contributed by atoms with Gasteiger partial charge in [-0.3, -0.25) is 19.7 Å². The van der Waals surface area contributed by atoms with E-state index < -0.39 is 10.8 Å². The van der Waals surface area contributed by atoms with E-state index in [2.05, 4.69) is 5.32 Å². The first kappa shape index (κ1) is 20.2. The van der Waals surface area contributed by atoms with Gasteiger partial charge in [-0.25, -0.2) is 0 Å². The Hall–Kier alpha value is -3.13. The Balaban J connectivity index is 1.97. The highest BCUT2D eigenvalue weighted by atomic mass is 35.5. The van der Waals surface area contributed by atoms with E-state index in [1.54, 1.807) is 25.2 Å². The van der Waals surface area contributed by atoms with Crippen LogP contribution in [0.5, 0.6) is 5.75 Å². The molecule has 0 aliphatic heterocycles. The van der Waals surface area contributed by atoms with E-state index in [0.717, 1.165) is 11.6 Å². The van der Waals surface area contributed by atoms with Crippen molar-refractivity contribution in [2.24, 2.45) is 0 Å². The number of nitro benzene ring substituents is 1. The largest absolute Gasteiger partial charge is 0.496 e. The Morgan fingerprint density at radius 3 is 2.67 bits per heavy atom. The molecule has 0 bridgehead atoms. The van der Waals surface area contributed by atoms with E-state index in [0.29, 0.717) is 10.8 Å². The first-order chi connectivity index (χ1) is 12.8. The van der Waals surface area contributed by atoms with E-state index in [-0.39, 0.29) is 30.2 Å². The van der Waals surface area contributed by atoms with Crippen LogP contribution >= 0.6 is 11.6 Å². The van der Waals surface area contributed by atoms with Crippen LogP contribution in [0.15, 0.2) is 42.5 Å². The summed E-state index contributed by atoms with van der Waals surface area (Å²) in [7, 11) is 3.11. The number of non-ortho nitro benzene ring substituents is 1. The number of nitro groups is 1. The molecule has 0 aliphatic carbocycles. The molecule has 0 aromatic heterocycles. The summed E-state index contributed by atoms with van der Waals surface area (Å²) in [6.07, 6.45) is 0. The highest BCUT2D eigenvalue weighted by Crippen LogP contribution is 2.23. The summed E-state index contributed by atoms with van der Waals surface area (Å²) in [6.45, 7) is -0.00382. The average molecular weight is 392 g/mol. The van der Waals surface area contributed by atoms with Gasteiger partial charge in [0.25, 0.3) is 11.6 Å². The fourth-order valence-corrected chi connectivity index (χ4v) is 2.56. The number of carbonyl (C=O) groups excluding carboxylic acids is 2.